The minimum atomic E-state index is -0.0919. The minimum Gasteiger partial charge on any atom is -0.309 e. The second kappa shape index (κ2) is 7.90. The largest absolute Gasteiger partial charge is 0.309 e. The molecule has 1 aliphatic rings. The first-order valence-electron chi connectivity index (χ1n) is 8.32. The van der Waals surface area contributed by atoms with Gasteiger partial charge in [0.05, 0.1) is 0 Å². The lowest BCUT2D eigenvalue weighted by Crippen LogP contribution is -2.35. The summed E-state index contributed by atoms with van der Waals surface area (Å²) in [5, 5.41) is 3.52. The van der Waals surface area contributed by atoms with Crippen LogP contribution in [0.25, 0.3) is 0 Å². The number of nitrogens with zero attached hydrogens (tertiary/aromatic N) is 1. The zero-order chi connectivity index (χ0) is 15.2. The molecule has 21 heavy (non-hydrogen) atoms. The number of likely N-dealkylation sites (tertiary alicyclic amines) is 1. The first-order valence-corrected chi connectivity index (χ1v) is 8.32. The quantitative estimate of drug-likeness (QED) is 0.821. The fourth-order valence-electron chi connectivity index (χ4n) is 3.18. The van der Waals surface area contributed by atoms with Crippen LogP contribution >= 0.6 is 0 Å². The molecule has 2 rings (SSSR count). The molecule has 0 bridgehead atoms. The van der Waals surface area contributed by atoms with Crippen molar-refractivity contribution in [3.05, 3.63) is 35.6 Å². The SMILES string of the molecule is CCCNC(CN1CCC(C(C)C)C1)c1ccccc1F. The van der Waals surface area contributed by atoms with Crippen molar-refractivity contribution < 1.29 is 4.39 Å². The molecule has 0 radical (unpaired) electrons. The van der Waals surface area contributed by atoms with Gasteiger partial charge in [-0.15, -0.1) is 0 Å². The predicted molar refractivity (Wildman–Crippen MR) is 86.8 cm³/mol. The molecule has 3 heteroatoms. The van der Waals surface area contributed by atoms with Crippen LogP contribution < -0.4 is 5.32 Å². The van der Waals surface area contributed by atoms with E-state index in [1.165, 1.54) is 6.42 Å². The number of hydrogen-bond acceptors (Lipinski definition) is 2. The summed E-state index contributed by atoms with van der Waals surface area (Å²) in [6.07, 6.45) is 2.34. The predicted octanol–water partition coefficient (Wildman–Crippen LogP) is 3.84. The van der Waals surface area contributed by atoms with Crippen molar-refractivity contribution in [3.8, 4) is 0 Å². The molecule has 2 nitrogen and oxygen atoms in total. The lowest BCUT2D eigenvalue weighted by atomic mass is 9.95. The fourth-order valence-corrected chi connectivity index (χ4v) is 3.18. The first-order chi connectivity index (χ1) is 10.1. The third-order valence-corrected chi connectivity index (χ3v) is 4.61. The van der Waals surface area contributed by atoms with E-state index in [-0.39, 0.29) is 11.9 Å². The fraction of sp³-hybridized carbons (Fsp3) is 0.667. The van der Waals surface area contributed by atoms with Gasteiger partial charge in [0, 0.05) is 24.7 Å². The van der Waals surface area contributed by atoms with Crippen LogP contribution in [-0.2, 0) is 0 Å². The second-order valence-corrected chi connectivity index (χ2v) is 6.58. The molecule has 0 spiro atoms. The van der Waals surface area contributed by atoms with Crippen molar-refractivity contribution in [2.24, 2.45) is 11.8 Å². The highest BCUT2D eigenvalue weighted by atomic mass is 19.1. The van der Waals surface area contributed by atoms with Gasteiger partial charge in [0.25, 0.3) is 0 Å². The summed E-state index contributed by atoms with van der Waals surface area (Å²) in [5.74, 6) is 1.44. The van der Waals surface area contributed by atoms with Gasteiger partial charge >= 0.3 is 0 Å². The molecule has 1 saturated heterocycles. The Balaban J connectivity index is 2.02. The van der Waals surface area contributed by atoms with E-state index in [4.69, 9.17) is 0 Å². The molecule has 118 valence electrons. The highest BCUT2D eigenvalue weighted by Gasteiger charge is 2.27. The van der Waals surface area contributed by atoms with E-state index in [0.717, 1.165) is 50.0 Å². The van der Waals surface area contributed by atoms with Crippen LogP contribution in [0.4, 0.5) is 4.39 Å². The Kier molecular flexibility index (Phi) is 6.19. The first kappa shape index (κ1) is 16.4. The van der Waals surface area contributed by atoms with Crippen LogP contribution in [0, 0.1) is 17.7 Å². The Hall–Kier alpha value is -0.930. The van der Waals surface area contributed by atoms with Crippen LogP contribution in [0.2, 0.25) is 0 Å². The molecule has 1 aromatic carbocycles. The molecule has 1 N–H and O–H groups in total. The number of hydrogen-bond donors (Lipinski definition) is 1. The van der Waals surface area contributed by atoms with E-state index < -0.39 is 0 Å². The van der Waals surface area contributed by atoms with Crippen molar-refractivity contribution >= 4 is 0 Å². The van der Waals surface area contributed by atoms with Crippen molar-refractivity contribution in [1.82, 2.24) is 10.2 Å². The van der Waals surface area contributed by atoms with E-state index in [9.17, 15) is 4.39 Å². The molecule has 2 unspecified atom stereocenters. The summed E-state index contributed by atoms with van der Waals surface area (Å²) in [4.78, 5) is 2.49. The molecular formula is C18H29FN2. The van der Waals surface area contributed by atoms with E-state index in [0.29, 0.717) is 0 Å². The van der Waals surface area contributed by atoms with Gasteiger partial charge in [0.15, 0.2) is 0 Å². The number of nitrogens with one attached hydrogen (secondary N) is 1. The van der Waals surface area contributed by atoms with E-state index in [1.807, 2.05) is 12.1 Å². The van der Waals surface area contributed by atoms with Crippen LogP contribution in [0.3, 0.4) is 0 Å². The maximum Gasteiger partial charge on any atom is 0.128 e. The lowest BCUT2D eigenvalue weighted by Gasteiger charge is -2.26. The van der Waals surface area contributed by atoms with Crippen molar-refractivity contribution in [2.45, 2.75) is 39.7 Å². The summed E-state index contributed by atoms with van der Waals surface area (Å²) < 4.78 is 14.1. The standard InChI is InChI=1S/C18H29FN2/c1-4-10-20-18(16-7-5-6-8-17(16)19)13-21-11-9-15(12-21)14(2)3/h5-8,14-15,18,20H,4,9-13H2,1-3H3. The smallest absolute Gasteiger partial charge is 0.128 e. The second-order valence-electron chi connectivity index (χ2n) is 6.58. The monoisotopic (exact) mass is 292 g/mol. The maximum atomic E-state index is 14.1. The lowest BCUT2D eigenvalue weighted by molar-refractivity contribution is 0.267. The Bertz CT molecular complexity index is 433. The molecule has 0 saturated carbocycles. The Labute approximate surface area is 128 Å². The molecule has 2 atom stereocenters. The number of rotatable bonds is 7. The van der Waals surface area contributed by atoms with Crippen molar-refractivity contribution in [1.29, 1.82) is 0 Å². The minimum absolute atomic E-state index is 0.0919. The highest BCUT2D eigenvalue weighted by Crippen LogP contribution is 2.26. The van der Waals surface area contributed by atoms with E-state index >= 15 is 0 Å². The normalized spacial score (nSPS) is 21.1. The average molecular weight is 292 g/mol. The van der Waals surface area contributed by atoms with Gasteiger partial charge < -0.3 is 10.2 Å². The van der Waals surface area contributed by atoms with Crippen LogP contribution in [0.15, 0.2) is 24.3 Å². The summed E-state index contributed by atoms with van der Waals surface area (Å²) >= 11 is 0. The Morgan fingerprint density at radius 3 is 2.71 bits per heavy atom. The summed E-state index contributed by atoms with van der Waals surface area (Å²) in [5.41, 5.74) is 0.805. The van der Waals surface area contributed by atoms with Crippen molar-refractivity contribution in [3.63, 3.8) is 0 Å². The molecule has 1 fully saturated rings. The molecule has 0 aromatic heterocycles. The topological polar surface area (TPSA) is 15.3 Å². The molecular weight excluding hydrogens is 263 g/mol. The summed E-state index contributed by atoms with van der Waals surface area (Å²) in [6.45, 7) is 10.9. The highest BCUT2D eigenvalue weighted by molar-refractivity contribution is 5.21. The van der Waals surface area contributed by atoms with Crippen LogP contribution in [-0.4, -0.2) is 31.1 Å². The van der Waals surface area contributed by atoms with Gasteiger partial charge in [0.1, 0.15) is 5.82 Å². The Morgan fingerprint density at radius 1 is 1.33 bits per heavy atom. The van der Waals surface area contributed by atoms with Gasteiger partial charge in [-0.1, -0.05) is 39.0 Å². The third kappa shape index (κ3) is 4.52. The van der Waals surface area contributed by atoms with Crippen LogP contribution in [0.5, 0.6) is 0 Å². The number of halogens is 1. The third-order valence-electron chi connectivity index (χ3n) is 4.61. The number of benzene rings is 1. The summed E-state index contributed by atoms with van der Waals surface area (Å²) in [6, 6.07) is 7.27. The molecule has 0 amide bonds. The van der Waals surface area contributed by atoms with Gasteiger partial charge in [-0.2, -0.15) is 0 Å². The van der Waals surface area contributed by atoms with E-state index in [1.54, 1.807) is 12.1 Å². The average Bonchev–Trinajstić information content (AvgIpc) is 2.93. The molecule has 1 aromatic rings. The van der Waals surface area contributed by atoms with Crippen LogP contribution in [0.1, 0.15) is 45.2 Å². The van der Waals surface area contributed by atoms with Crippen molar-refractivity contribution in [2.75, 3.05) is 26.2 Å². The van der Waals surface area contributed by atoms with Gasteiger partial charge in [-0.05, 0) is 43.8 Å². The van der Waals surface area contributed by atoms with Gasteiger partial charge in [-0.3, -0.25) is 0 Å². The zero-order valence-corrected chi connectivity index (χ0v) is 13.6. The van der Waals surface area contributed by atoms with Gasteiger partial charge in [-0.25, -0.2) is 4.39 Å². The molecule has 1 aliphatic heterocycles. The van der Waals surface area contributed by atoms with Gasteiger partial charge in [0.2, 0.25) is 0 Å². The summed E-state index contributed by atoms with van der Waals surface area (Å²) in [7, 11) is 0. The molecule has 1 heterocycles. The van der Waals surface area contributed by atoms with E-state index in [2.05, 4.69) is 31.0 Å². The Morgan fingerprint density at radius 2 is 2.10 bits per heavy atom. The molecule has 0 aliphatic carbocycles. The zero-order valence-electron chi connectivity index (χ0n) is 13.6. The maximum absolute atomic E-state index is 14.1.